The summed E-state index contributed by atoms with van der Waals surface area (Å²) in [5.74, 6) is -2.76. The van der Waals surface area contributed by atoms with E-state index < -0.39 is 54.6 Å². The first-order valence-electron chi connectivity index (χ1n) is 20.3. The fourth-order valence-electron chi connectivity index (χ4n) is 7.41. The van der Waals surface area contributed by atoms with E-state index in [9.17, 15) is 24.0 Å². The summed E-state index contributed by atoms with van der Waals surface area (Å²) in [6.07, 6.45) is 1.85. The van der Waals surface area contributed by atoms with Gasteiger partial charge in [0.05, 0.1) is 6.61 Å². The van der Waals surface area contributed by atoms with Crippen molar-refractivity contribution in [3.63, 3.8) is 0 Å². The highest BCUT2D eigenvalue weighted by Gasteiger charge is 2.52. The molecule has 0 unspecified atom stereocenters. The third-order valence-corrected chi connectivity index (χ3v) is 10.6. The second-order valence-corrected chi connectivity index (χ2v) is 15.2. The molecule has 0 radical (unpaired) electrons. The van der Waals surface area contributed by atoms with Crippen molar-refractivity contribution in [3.8, 4) is 0 Å². The number of aromatic amines is 1. The third kappa shape index (κ3) is 12.9. The summed E-state index contributed by atoms with van der Waals surface area (Å²) in [7, 11) is 1.73. The quantitative estimate of drug-likeness (QED) is 0.101. The van der Waals surface area contributed by atoms with E-state index in [2.05, 4.69) is 55.1 Å². The van der Waals surface area contributed by atoms with E-state index >= 15 is 0 Å². The van der Waals surface area contributed by atoms with E-state index in [1.54, 1.807) is 11.9 Å². The normalized spacial score (nSPS) is 25.8. The number of hydrogen-bond acceptors (Lipinski definition) is 14. The Labute approximate surface area is 346 Å². The number of nitrogens with zero attached hydrogens (tertiary/aromatic N) is 3. The van der Waals surface area contributed by atoms with Crippen LogP contribution in [0.3, 0.4) is 0 Å². The fraction of sp³-hybridized carbons (Fsp3) is 0.605. The number of allylic oxidation sites excluding steroid dienone is 2. The van der Waals surface area contributed by atoms with Gasteiger partial charge in [0.25, 0.3) is 0 Å². The van der Waals surface area contributed by atoms with E-state index in [0.29, 0.717) is 32.4 Å². The van der Waals surface area contributed by atoms with Crippen LogP contribution < -0.4 is 16.0 Å². The summed E-state index contributed by atoms with van der Waals surface area (Å²) in [4.78, 5) is 76.3. The zero-order valence-corrected chi connectivity index (χ0v) is 36.0. The minimum atomic E-state index is -1.33. The minimum Gasteiger partial charge on any atom is -0.463 e. The van der Waals surface area contributed by atoms with Crippen LogP contribution in [0, 0.1) is 18.8 Å². The predicted octanol–water partition coefficient (Wildman–Crippen LogP) is 2.95. The number of aryl methyl sites for hydroxylation is 1. The molecule has 1 fully saturated rings. The molecule has 0 aromatic carbocycles. The summed E-state index contributed by atoms with van der Waals surface area (Å²) in [6, 6.07) is 2.13. The van der Waals surface area contributed by atoms with Crippen LogP contribution in [0.15, 0.2) is 39.1 Å². The summed E-state index contributed by atoms with van der Waals surface area (Å²) >= 11 is 0. The maximum absolute atomic E-state index is 13.6. The predicted molar refractivity (Wildman–Crippen MR) is 220 cm³/mol. The molecule has 16 heteroatoms. The van der Waals surface area contributed by atoms with Crippen molar-refractivity contribution in [3.05, 3.63) is 45.4 Å². The van der Waals surface area contributed by atoms with Crippen LogP contribution in [0.4, 0.5) is 0 Å². The Balaban J connectivity index is 1.46. The molecular weight excluding hydrogens is 762 g/mol. The number of carbonyl (C=O) groups is 5. The van der Waals surface area contributed by atoms with Gasteiger partial charge in [0, 0.05) is 107 Å². The van der Waals surface area contributed by atoms with E-state index in [1.165, 1.54) is 12.5 Å². The van der Waals surface area contributed by atoms with Gasteiger partial charge in [-0.25, -0.2) is 0 Å². The zero-order chi connectivity index (χ0) is 43.4. The lowest BCUT2D eigenvalue weighted by Crippen LogP contribution is -2.63. The van der Waals surface area contributed by atoms with Crippen LogP contribution >= 0.6 is 0 Å². The number of amides is 1. The maximum atomic E-state index is 13.6. The first kappa shape index (κ1) is 46.6. The Bertz CT molecular complexity index is 1960. The van der Waals surface area contributed by atoms with Crippen LogP contribution in [-0.2, 0) is 52.4 Å². The Morgan fingerprint density at radius 1 is 0.983 bits per heavy atom. The zero-order valence-electron chi connectivity index (χ0n) is 36.0. The van der Waals surface area contributed by atoms with E-state index in [4.69, 9.17) is 33.4 Å². The van der Waals surface area contributed by atoms with Crippen LogP contribution in [0.1, 0.15) is 86.6 Å². The van der Waals surface area contributed by atoms with Gasteiger partial charge in [-0.3, -0.25) is 34.0 Å². The molecule has 1 amide bonds. The Morgan fingerprint density at radius 2 is 1.66 bits per heavy atom. The third-order valence-electron chi connectivity index (χ3n) is 10.6. The number of rotatable bonds is 17. The molecule has 1 aromatic rings. The molecule has 1 aromatic heterocycles. The molecule has 324 valence electrons. The number of nitrogens with one attached hydrogen (secondary N) is 2. The Morgan fingerprint density at radius 3 is 2.29 bits per heavy atom. The van der Waals surface area contributed by atoms with Gasteiger partial charge in [0.15, 0.2) is 24.6 Å². The molecule has 3 aliphatic rings. The lowest BCUT2D eigenvalue weighted by atomic mass is 9.84. The molecule has 0 spiro atoms. The molecule has 4 heterocycles. The van der Waals surface area contributed by atoms with Crippen molar-refractivity contribution in [1.29, 1.82) is 0 Å². The Kier molecular flexibility index (Phi) is 17.2. The van der Waals surface area contributed by atoms with Gasteiger partial charge in [0.1, 0.15) is 12.7 Å². The van der Waals surface area contributed by atoms with Crippen molar-refractivity contribution >= 4 is 53.4 Å². The number of hydrogen-bond donors (Lipinski definition) is 2. The lowest BCUT2D eigenvalue weighted by Gasteiger charge is -2.44. The summed E-state index contributed by atoms with van der Waals surface area (Å²) in [6.45, 7) is 16.7. The molecule has 16 nitrogen and oxygen atoms in total. The number of esters is 4. The lowest BCUT2D eigenvalue weighted by molar-refractivity contribution is -0.308. The average molecular weight is 824 g/mol. The van der Waals surface area contributed by atoms with Crippen molar-refractivity contribution in [2.75, 3.05) is 39.9 Å². The maximum Gasteiger partial charge on any atom is 0.303 e. The van der Waals surface area contributed by atoms with E-state index in [0.717, 1.165) is 72.7 Å². The van der Waals surface area contributed by atoms with Gasteiger partial charge in [-0.1, -0.05) is 6.92 Å². The Hall–Kier alpha value is -5.09. The van der Waals surface area contributed by atoms with Crippen LogP contribution in [0.5, 0.6) is 0 Å². The molecular formula is C43H61N5O11. The highest BCUT2D eigenvalue weighted by molar-refractivity contribution is 6.20. The fourth-order valence-corrected chi connectivity index (χ4v) is 7.41. The standard InChI is InChI=1S/C43H61N5O11/c1-11-44-17-16-33-25(3)21-35(46-33)27(5)39-32(26(4)36(47-39)22-34-24(2)15-18-45-34)13-14-38(53)48(10)19-12-20-54-43-42(58-31(9)52)41(57-30(8)51)40(56-29(7)50)37(59-43)23-55-28(6)49/h16-17,21-22,26,32,37,40-43,45-46H,11-15,18-20,23H2,1-10H3/b33-16-,35-27-,36-22-,44-17+/t26-,32-,37+,40+,41-,42+,43+/m0/s1. The molecule has 0 bridgehead atoms. The van der Waals surface area contributed by atoms with Crippen LogP contribution in [-0.4, -0.2) is 122 Å². The number of carbonyl (C=O) groups excluding carboxylic acids is 5. The highest BCUT2D eigenvalue weighted by atomic mass is 16.7. The first-order valence-corrected chi connectivity index (χ1v) is 20.3. The number of ether oxygens (including phenoxy) is 6. The molecule has 1 saturated heterocycles. The van der Waals surface area contributed by atoms with Crippen LogP contribution in [0.2, 0.25) is 0 Å². The smallest absolute Gasteiger partial charge is 0.303 e. The monoisotopic (exact) mass is 823 g/mol. The van der Waals surface area contributed by atoms with E-state index in [-0.39, 0.29) is 31.0 Å². The van der Waals surface area contributed by atoms with Crippen molar-refractivity contribution in [2.45, 2.75) is 119 Å². The second-order valence-electron chi connectivity index (χ2n) is 15.2. The van der Waals surface area contributed by atoms with Gasteiger partial charge in [-0.05, 0) is 81.9 Å². The summed E-state index contributed by atoms with van der Waals surface area (Å²) < 4.78 is 33.6. The highest BCUT2D eigenvalue weighted by Crippen LogP contribution is 2.37. The van der Waals surface area contributed by atoms with Gasteiger partial charge >= 0.3 is 23.9 Å². The number of aliphatic imine (C=N–C) groups is 2. The van der Waals surface area contributed by atoms with Gasteiger partial charge in [-0.15, -0.1) is 0 Å². The van der Waals surface area contributed by atoms with Gasteiger partial charge in [0.2, 0.25) is 5.91 Å². The summed E-state index contributed by atoms with van der Waals surface area (Å²) in [5.41, 5.74) is 6.49. The molecule has 3 aliphatic heterocycles. The molecule has 2 N–H and O–H groups in total. The van der Waals surface area contributed by atoms with Crippen LogP contribution in [0.25, 0.3) is 11.6 Å². The largest absolute Gasteiger partial charge is 0.463 e. The molecule has 59 heavy (non-hydrogen) atoms. The van der Waals surface area contributed by atoms with Gasteiger partial charge < -0.3 is 43.6 Å². The minimum absolute atomic E-state index is 0.00416. The summed E-state index contributed by atoms with van der Waals surface area (Å²) in [5, 5.41) is 5.44. The van der Waals surface area contributed by atoms with Gasteiger partial charge in [-0.2, -0.15) is 0 Å². The first-order chi connectivity index (χ1) is 28.0. The second kappa shape index (κ2) is 21.8. The van der Waals surface area contributed by atoms with E-state index in [1.807, 2.05) is 19.2 Å². The SMILES string of the molecule is CC/N=C/C=c1\[nH]/c(=C(/C)C2=N/C(=C\C3=C(C)CCN3)[C@@H](C)[C@@H]2CCC(=O)N(C)CCCO[C@@H]2O[C@H](COC(C)=O)[C@@H](OC(C)=O)[C@H](OC(C)=O)[C@H]2OC(C)=O)cc1C. The average Bonchev–Trinajstić information content (AvgIpc) is 3.85. The molecule has 0 saturated carbocycles. The molecule has 4 rings (SSSR count). The van der Waals surface area contributed by atoms with Crippen molar-refractivity contribution < 1.29 is 52.4 Å². The number of H-pyrrole nitrogens is 1. The van der Waals surface area contributed by atoms with Crippen molar-refractivity contribution in [2.24, 2.45) is 21.8 Å². The molecule has 0 aliphatic carbocycles. The number of aromatic nitrogens is 1. The van der Waals surface area contributed by atoms with Crippen molar-refractivity contribution in [1.82, 2.24) is 15.2 Å². The topological polar surface area (TPSA) is 197 Å². The molecule has 7 atom stereocenters.